The van der Waals surface area contributed by atoms with Crippen molar-refractivity contribution in [2.45, 2.75) is 55.8 Å². The molecule has 34 heteroatoms. The van der Waals surface area contributed by atoms with E-state index in [0.717, 1.165) is 128 Å². The predicted molar refractivity (Wildman–Crippen MR) is 581 cm³/mol. The largest absolute Gasteiger partial charge is 0.504 e. The van der Waals surface area contributed by atoms with Gasteiger partial charge in [0.1, 0.15) is 0 Å². The first kappa shape index (κ1) is 98.0. The van der Waals surface area contributed by atoms with E-state index in [1.807, 2.05) is 188 Å². The van der Waals surface area contributed by atoms with Crippen molar-refractivity contribution in [3.05, 3.63) is 427 Å². The molecule has 6 unspecified atom stereocenters. The summed E-state index contributed by atoms with van der Waals surface area (Å²) in [5, 5.41) is 47.9. The standard InChI is InChI=1S/C21H20N2O4S.C19H16N2OS.C18H11F3N2OS.C18H14N2O3S.C17H11BrN2S2.C17H11ClN2OS/c1-23-18(11-9-14(25-2)20(27-4)15(10-11)26-3)16-17(22-21(23)28)12-7-5-6-8-13(12)19(16)24;1-2-11-7-3-4-8-12(11)16-15-17(21-19(23)20-16)13-9-5-6-10-14(13)18(15)22;19-18(20,21)12-8-4-3-7-11(12)15-13-14(22-17(25)23-15)9-5-1-2-6-10(9)16(13)24;1-23-13-8-9(6-7-12(13)21)15-14-16(20-18(24)19-15)10-4-2-3-5-11(10)17(14)22;18-12-8-4-3-7-11(12)15-13-14(19-17(22)20-15)9-5-1-2-6-10(9)16(13)21;18-10-5-3-4-9(8-10)14-13-15(20-17(22)19-14)11-6-1-2-7-12(11)16(13)21/h5-10,18H,1-4H3,(H,22,28);3-10,16H,2H2,1H3,(H2,20,21,23);1-8,15H,(H2,22,23,25);2-8,15,21H,1H3,(H2,19,20,24);1-8,15H,(H2,19,20,22);1-8,14H,(H2,19,20,22). The van der Waals surface area contributed by atoms with Crippen LogP contribution in [0.15, 0.2) is 311 Å². The number of methoxy groups -OCH3 is 4. The number of alkyl halides is 3. The summed E-state index contributed by atoms with van der Waals surface area (Å²) in [7, 11) is 8.05. The van der Waals surface area contributed by atoms with Crippen molar-refractivity contribution >= 4 is 212 Å². The van der Waals surface area contributed by atoms with Crippen molar-refractivity contribution in [2.75, 3.05) is 35.5 Å². The first-order valence-electron chi connectivity index (χ1n) is 45.1. The highest BCUT2D eigenvalue weighted by molar-refractivity contribution is 9.10. The molecule has 144 heavy (non-hydrogen) atoms. The number of aromatic hydroxyl groups is 1. The van der Waals surface area contributed by atoms with E-state index in [0.29, 0.717) is 104 Å². The summed E-state index contributed by atoms with van der Waals surface area (Å²) in [4.78, 5) is 67.4. The number of carbonyl (C=O) groups is 5. The first-order valence-corrected chi connectivity index (χ1v) is 49.2. The average molecular weight is 2130 g/mol. The zero-order valence-electron chi connectivity index (χ0n) is 77.0. The van der Waals surface area contributed by atoms with Crippen molar-refractivity contribution in [1.82, 2.24) is 63.4 Å². The van der Waals surface area contributed by atoms with Gasteiger partial charge in [-0.3, -0.25) is 24.0 Å². The third kappa shape index (κ3) is 18.0. The Morgan fingerprint density at radius 1 is 0.354 bits per heavy atom. The number of Topliss-reactive ketones (excluding diaryl/α,β-unsaturated/α-hetero) is 5. The number of aryl methyl sites for hydroxylation is 1. The molecule has 22 nitrogen and oxygen atoms in total. The van der Waals surface area contributed by atoms with Crippen LogP contribution in [0.2, 0.25) is 5.02 Å². The van der Waals surface area contributed by atoms with Crippen LogP contribution in [0.3, 0.4) is 0 Å². The summed E-state index contributed by atoms with van der Waals surface area (Å²) in [6.07, 6.45) is -3.61. The fourth-order valence-corrected chi connectivity index (χ4v) is 22.2. The Labute approximate surface area is 876 Å². The highest BCUT2D eigenvalue weighted by Crippen LogP contribution is 2.52. The molecule has 12 N–H and O–H groups in total. The van der Waals surface area contributed by atoms with E-state index >= 15 is 0 Å². The summed E-state index contributed by atoms with van der Waals surface area (Å²) in [6.45, 7) is 2.12. The van der Waals surface area contributed by atoms with Crippen LogP contribution >= 0.6 is 113 Å². The van der Waals surface area contributed by atoms with Gasteiger partial charge >= 0.3 is 6.18 Å². The van der Waals surface area contributed by atoms with Gasteiger partial charge in [-0.15, -0.1) is 0 Å². The Balaban J connectivity index is 0.000000110. The average Bonchev–Trinajstić information content (AvgIpc) is 1.57. The number of nitrogens with zero attached hydrogens (tertiary/aromatic N) is 1. The molecule has 0 saturated carbocycles. The normalized spacial score (nSPS) is 18.9. The predicted octanol–water partition coefficient (Wildman–Crippen LogP) is 20.5. The van der Waals surface area contributed by atoms with E-state index in [4.69, 9.17) is 116 Å². The monoisotopic (exact) mass is 2130 g/mol. The van der Waals surface area contributed by atoms with Gasteiger partial charge < -0.3 is 87.4 Å². The Morgan fingerprint density at radius 2 is 0.688 bits per heavy atom. The van der Waals surface area contributed by atoms with Crippen LogP contribution in [0.1, 0.15) is 178 Å². The van der Waals surface area contributed by atoms with Gasteiger partial charge in [0.25, 0.3) is 0 Å². The molecule has 6 aliphatic carbocycles. The minimum absolute atomic E-state index is 0.00815. The molecular formula is C110H83BrClF3N12O10S7. The molecule has 6 atom stereocenters. The Hall–Kier alpha value is -14.8. The summed E-state index contributed by atoms with van der Waals surface area (Å²) in [6, 6.07) is 80.9. The van der Waals surface area contributed by atoms with Crippen LogP contribution in [-0.4, -0.2) is 110 Å². The molecular weight excluding hydrogens is 2050 g/mol. The molecule has 0 amide bonds. The Kier molecular flexibility index (Phi) is 27.6. The number of halogens is 5. The number of ether oxygens (including phenoxy) is 4. The Morgan fingerprint density at radius 3 is 1.10 bits per heavy atom. The van der Waals surface area contributed by atoms with Gasteiger partial charge in [-0.05, 0) is 167 Å². The highest BCUT2D eigenvalue weighted by atomic mass is 79.9. The minimum Gasteiger partial charge on any atom is -0.504 e. The number of nitrogens with one attached hydrogen (secondary N) is 11. The van der Waals surface area contributed by atoms with Gasteiger partial charge in [0.15, 0.2) is 82.6 Å². The van der Waals surface area contributed by atoms with E-state index in [1.165, 1.54) is 30.9 Å². The fourth-order valence-electron chi connectivity index (χ4n) is 19.8. The second kappa shape index (κ2) is 40.6. The molecule has 720 valence electrons. The van der Waals surface area contributed by atoms with E-state index in [9.17, 15) is 42.3 Å². The quantitative estimate of drug-likeness (QED) is 0.0536. The lowest BCUT2D eigenvalue weighted by molar-refractivity contribution is -0.138. The number of phenolic OH excluding ortho intramolecular Hbond substituents is 1. The second-order valence-electron chi connectivity index (χ2n) is 34.2. The number of ketones is 5. The topological polar surface area (TPSA) is 278 Å². The number of rotatable bonds is 11. The zero-order valence-corrected chi connectivity index (χ0v) is 85.0. The van der Waals surface area contributed by atoms with Crippen LogP contribution in [0, 0.1) is 0 Å². The number of thiocarbonyl (C=S) groups is 7. The number of hydrogen-bond donors (Lipinski definition) is 12. The van der Waals surface area contributed by atoms with Crippen LogP contribution in [0.25, 0.3) is 34.2 Å². The lowest BCUT2D eigenvalue weighted by Crippen LogP contribution is -2.44. The minimum atomic E-state index is -4.53. The van der Waals surface area contributed by atoms with Gasteiger partial charge in [0.05, 0.1) is 137 Å². The third-order valence-corrected chi connectivity index (χ3v) is 29.1. The maximum Gasteiger partial charge on any atom is 0.416 e. The fraction of sp³-hybridized carbons (Fsp3) is 0.127. The number of likely N-dealkylation sites (N-methyl/N-ethyl adjacent to an activating group) is 1. The SMILES string of the molecule is CCc1ccccc1C1NC(=S)NC2=C1C(=O)c1ccccc12.COc1cc(C2C3=C(NC(=S)N2C)c2ccccc2C3=O)cc(OC)c1OC.COc1cc(C2NC(=S)NC3=C2C(=O)c2ccccc23)ccc1O.O=C1C2=C(NC(=S)NC2c2cccc(Cl)c2)c2ccccc21.O=C1C2=C(NC(=S)NC2c2ccccc2C(F)(F)F)c2ccccc21.S=C1NC2=C(C(=S)c3ccccc32)C(c2ccccc2Br)N1. The van der Waals surface area contributed by atoms with E-state index in [1.54, 1.807) is 63.8 Å². The first-order chi connectivity index (χ1) is 69.5. The van der Waals surface area contributed by atoms with E-state index in [-0.39, 0.29) is 75.1 Å². The van der Waals surface area contributed by atoms with Gasteiger partial charge in [-0.25, -0.2) is 0 Å². The second-order valence-corrected chi connectivity index (χ2v) is 38.3. The summed E-state index contributed by atoms with van der Waals surface area (Å²) in [5.74, 6) is 1.73. The lowest BCUT2D eigenvalue weighted by atomic mass is 9.90. The molecule has 0 fully saturated rings. The molecule has 6 aliphatic heterocycles. The van der Waals surface area contributed by atoms with Gasteiger partial charge in [-0.2, -0.15) is 13.2 Å². The van der Waals surface area contributed by atoms with Gasteiger partial charge in [-0.1, -0.05) is 271 Å². The number of phenols is 1. The summed E-state index contributed by atoms with van der Waals surface area (Å²) < 4.78 is 62.9. The molecule has 24 rings (SSSR count). The van der Waals surface area contributed by atoms with Crippen molar-refractivity contribution < 1.29 is 61.2 Å². The number of fused-ring (bicyclic) bond motifs is 12. The summed E-state index contributed by atoms with van der Waals surface area (Å²) in [5.41, 5.74) is 23.7. The Bertz CT molecular complexity index is 7810. The van der Waals surface area contributed by atoms with Crippen LogP contribution < -0.4 is 77.4 Å². The maximum atomic E-state index is 13.4. The summed E-state index contributed by atoms with van der Waals surface area (Å²) >= 11 is 47.6. The number of hydrogen-bond acceptors (Lipinski definition) is 17. The van der Waals surface area contributed by atoms with Crippen LogP contribution in [-0.2, 0) is 12.6 Å². The number of benzene rings is 12. The van der Waals surface area contributed by atoms with Gasteiger partial charge in [0, 0.05) is 88.9 Å². The zero-order chi connectivity index (χ0) is 101. The molecule has 0 spiro atoms. The molecule has 0 saturated heterocycles. The number of carbonyl (C=O) groups excluding carboxylic acids is 5. The van der Waals surface area contributed by atoms with Crippen molar-refractivity contribution in [3.8, 4) is 28.7 Å². The molecule has 12 aromatic carbocycles. The third-order valence-electron chi connectivity index (χ3n) is 26.2. The van der Waals surface area contributed by atoms with E-state index in [2.05, 4.69) is 112 Å². The highest BCUT2D eigenvalue weighted by Gasteiger charge is 2.48. The molecule has 0 aromatic heterocycles. The van der Waals surface area contributed by atoms with Crippen LogP contribution in [0.5, 0.6) is 28.7 Å². The van der Waals surface area contributed by atoms with Crippen molar-refractivity contribution in [1.29, 1.82) is 0 Å². The molecule has 12 aliphatic rings. The lowest BCUT2D eigenvalue weighted by Gasteiger charge is -2.36. The van der Waals surface area contributed by atoms with Gasteiger partial charge in [0.2, 0.25) is 5.75 Å². The van der Waals surface area contributed by atoms with Crippen LogP contribution in [0.4, 0.5) is 13.2 Å². The van der Waals surface area contributed by atoms with Crippen molar-refractivity contribution in [3.63, 3.8) is 0 Å². The molecule has 0 bridgehead atoms. The smallest absolute Gasteiger partial charge is 0.416 e. The molecule has 0 radical (unpaired) electrons. The molecule has 6 heterocycles. The maximum absolute atomic E-state index is 13.4. The molecule has 12 aromatic rings. The van der Waals surface area contributed by atoms with E-state index < -0.39 is 23.8 Å². The van der Waals surface area contributed by atoms with Crippen molar-refractivity contribution in [2.24, 2.45) is 0 Å².